The number of benzene rings is 1. The molecule has 1 aromatic carbocycles. The van der Waals surface area contributed by atoms with E-state index in [1.807, 2.05) is 26.0 Å². The van der Waals surface area contributed by atoms with Gasteiger partial charge in [0.1, 0.15) is 17.5 Å². The van der Waals surface area contributed by atoms with Crippen LogP contribution in [0.3, 0.4) is 0 Å². The maximum atomic E-state index is 10.3. The van der Waals surface area contributed by atoms with Gasteiger partial charge in [-0.3, -0.25) is 0 Å². The maximum absolute atomic E-state index is 10.3. The molecule has 0 aliphatic carbocycles. The molecule has 0 spiro atoms. The van der Waals surface area contributed by atoms with E-state index in [1.165, 1.54) is 6.20 Å². The van der Waals surface area contributed by atoms with Gasteiger partial charge in [0.15, 0.2) is 0 Å². The van der Waals surface area contributed by atoms with E-state index in [2.05, 4.69) is 15.4 Å². The van der Waals surface area contributed by atoms with Crippen LogP contribution in [0, 0.1) is 13.8 Å². The first-order chi connectivity index (χ1) is 8.13. The van der Waals surface area contributed by atoms with Crippen LogP contribution < -0.4 is 4.74 Å². The molecule has 2 N–H and O–H groups in total. The second-order valence-electron chi connectivity index (χ2n) is 4.00. The number of hydrogen-bond acceptors (Lipinski definition) is 4. The van der Waals surface area contributed by atoms with Crippen molar-refractivity contribution < 1.29 is 9.84 Å². The van der Waals surface area contributed by atoms with E-state index in [-0.39, 0.29) is 0 Å². The highest BCUT2D eigenvalue weighted by Gasteiger charge is 2.20. The third-order valence-electron chi connectivity index (χ3n) is 2.70. The number of nitrogens with zero attached hydrogens (tertiary/aromatic N) is 2. The minimum atomic E-state index is -0.829. The summed E-state index contributed by atoms with van der Waals surface area (Å²) in [6, 6.07) is 3.90. The average Bonchev–Trinajstić information content (AvgIpc) is 2.80. The molecule has 1 heterocycles. The summed E-state index contributed by atoms with van der Waals surface area (Å²) in [4.78, 5) is 0. The molecule has 0 radical (unpaired) electrons. The Morgan fingerprint density at radius 3 is 2.71 bits per heavy atom. The molecule has 2 rings (SSSR count). The Hall–Kier alpha value is -1.88. The second-order valence-corrected chi connectivity index (χ2v) is 4.00. The lowest BCUT2D eigenvalue weighted by Gasteiger charge is -2.16. The van der Waals surface area contributed by atoms with E-state index in [0.29, 0.717) is 11.4 Å². The van der Waals surface area contributed by atoms with E-state index in [1.54, 1.807) is 7.11 Å². The monoisotopic (exact) mass is 233 g/mol. The lowest BCUT2D eigenvalue weighted by Crippen LogP contribution is -2.06. The molecule has 1 atom stereocenters. The number of aliphatic hydroxyl groups is 1. The fourth-order valence-electron chi connectivity index (χ4n) is 1.95. The van der Waals surface area contributed by atoms with Crippen molar-refractivity contribution in [2.45, 2.75) is 20.0 Å². The van der Waals surface area contributed by atoms with Crippen LogP contribution in [0.2, 0.25) is 0 Å². The predicted molar refractivity (Wildman–Crippen MR) is 62.9 cm³/mol. The number of methoxy groups -OCH3 is 1. The lowest BCUT2D eigenvalue weighted by atomic mass is 9.98. The van der Waals surface area contributed by atoms with Crippen molar-refractivity contribution in [3.8, 4) is 5.75 Å². The molecule has 1 unspecified atom stereocenters. The molecule has 2 aromatic rings. The van der Waals surface area contributed by atoms with Crippen LogP contribution in [0.15, 0.2) is 18.3 Å². The lowest BCUT2D eigenvalue weighted by molar-refractivity contribution is 0.209. The zero-order chi connectivity index (χ0) is 12.4. The third kappa shape index (κ3) is 2.14. The van der Waals surface area contributed by atoms with Gasteiger partial charge in [0, 0.05) is 5.56 Å². The van der Waals surface area contributed by atoms with E-state index in [9.17, 15) is 5.11 Å². The van der Waals surface area contributed by atoms with Gasteiger partial charge in [-0.1, -0.05) is 6.07 Å². The summed E-state index contributed by atoms with van der Waals surface area (Å²) in [6.45, 7) is 3.93. The van der Waals surface area contributed by atoms with Gasteiger partial charge in [-0.15, -0.1) is 0 Å². The summed E-state index contributed by atoms with van der Waals surface area (Å²) in [6.07, 6.45) is 0.674. The second kappa shape index (κ2) is 4.55. The van der Waals surface area contributed by atoms with Crippen LogP contribution in [0.1, 0.15) is 28.5 Å². The Morgan fingerprint density at radius 1 is 1.35 bits per heavy atom. The van der Waals surface area contributed by atoms with Crippen molar-refractivity contribution in [1.82, 2.24) is 15.4 Å². The molecule has 5 heteroatoms. The van der Waals surface area contributed by atoms with Crippen LogP contribution in [0.25, 0.3) is 0 Å². The fourth-order valence-corrected chi connectivity index (χ4v) is 1.95. The van der Waals surface area contributed by atoms with Crippen molar-refractivity contribution >= 4 is 0 Å². The summed E-state index contributed by atoms with van der Waals surface area (Å²) in [5, 5.41) is 20.3. The fraction of sp³-hybridized carbons (Fsp3) is 0.333. The van der Waals surface area contributed by atoms with Gasteiger partial charge in [0.05, 0.1) is 13.3 Å². The van der Waals surface area contributed by atoms with Gasteiger partial charge in [-0.05, 0) is 31.0 Å². The summed E-state index contributed by atoms with van der Waals surface area (Å²) in [7, 11) is 1.59. The molecule has 0 aliphatic heterocycles. The van der Waals surface area contributed by atoms with E-state index in [4.69, 9.17) is 4.74 Å². The molecule has 0 saturated carbocycles. The van der Waals surface area contributed by atoms with Crippen LogP contribution in [-0.2, 0) is 0 Å². The van der Waals surface area contributed by atoms with Gasteiger partial charge >= 0.3 is 0 Å². The maximum Gasteiger partial charge on any atom is 0.128 e. The number of aliphatic hydroxyl groups excluding tert-OH is 1. The number of hydrogen-bond donors (Lipinski definition) is 2. The van der Waals surface area contributed by atoms with Gasteiger partial charge in [0.25, 0.3) is 0 Å². The molecule has 1 aromatic heterocycles. The van der Waals surface area contributed by atoms with Gasteiger partial charge < -0.3 is 9.84 Å². The number of aromatic nitrogens is 3. The Labute approximate surface area is 99.4 Å². The zero-order valence-corrected chi connectivity index (χ0v) is 10.1. The number of nitrogens with one attached hydrogen (secondary N) is 1. The standard InChI is InChI=1S/C12H15N3O2/c1-7-4-8(2)11(10(5-7)17-3)12(16)9-6-13-15-14-9/h4-6,12,16H,1-3H3,(H,13,14,15). The highest BCUT2D eigenvalue weighted by atomic mass is 16.5. The summed E-state index contributed by atoms with van der Waals surface area (Å²) in [5.41, 5.74) is 3.27. The minimum Gasteiger partial charge on any atom is -0.496 e. The number of aromatic amines is 1. The van der Waals surface area contributed by atoms with Crippen molar-refractivity contribution in [2.75, 3.05) is 7.11 Å². The van der Waals surface area contributed by atoms with Crippen molar-refractivity contribution in [3.63, 3.8) is 0 Å². The van der Waals surface area contributed by atoms with Crippen molar-refractivity contribution in [3.05, 3.63) is 40.7 Å². The number of rotatable bonds is 3. The van der Waals surface area contributed by atoms with E-state index < -0.39 is 6.10 Å². The molecule has 90 valence electrons. The van der Waals surface area contributed by atoms with Gasteiger partial charge in [-0.2, -0.15) is 15.4 Å². The molecule has 0 amide bonds. The van der Waals surface area contributed by atoms with Crippen LogP contribution in [-0.4, -0.2) is 27.6 Å². The number of H-pyrrole nitrogens is 1. The summed E-state index contributed by atoms with van der Waals surface area (Å²) >= 11 is 0. The minimum absolute atomic E-state index is 0.482. The quantitative estimate of drug-likeness (QED) is 0.843. The Morgan fingerprint density at radius 2 is 2.12 bits per heavy atom. The van der Waals surface area contributed by atoms with Crippen molar-refractivity contribution in [1.29, 1.82) is 0 Å². The first-order valence-electron chi connectivity index (χ1n) is 5.32. The third-order valence-corrected chi connectivity index (χ3v) is 2.70. The van der Waals surface area contributed by atoms with Gasteiger partial charge in [-0.25, -0.2) is 0 Å². The summed E-state index contributed by atoms with van der Waals surface area (Å²) in [5.74, 6) is 0.665. The SMILES string of the molecule is COc1cc(C)cc(C)c1C(O)c1cn[nH]n1. The largest absolute Gasteiger partial charge is 0.496 e. The molecule has 0 fully saturated rings. The molecule has 0 saturated heterocycles. The first-order valence-corrected chi connectivity index (χ1v) is 5.32. The molecule has 0 aliphatic rings. The first kappa shape index (κ1) is 11.6. The number of aryl methyl sites for hydroxylation is 2. The van der Waals surface area contributed by atoms with Crippen LogP contribution >= 0.6 is 0 Å². The van der Waals surface area contributed by atoms with Gasteiger partial charge in [0.2, 0.25) is 0 Å². The summed E-state index contributed by atoms with van der Waals surface area (Å²) < 4.78 is 5.31. The number of ether oxygens (including phenoxy) is 1. The zero-order valence-electron chi connectivity index (χ0n) is 10.1. The van der Waals surface area contributed by atoms with E-state index >= 15 is 0 Å². The topological polar surface area (TPSA) is 71.0 Å². The highest BCUT2D eigenvalue weighted by molar-refractivity contribution is 5.46. The van der Waals surface area contributed by atoms with Crippen LogP contribution in [0.4, 0.5) is 0 Å². The normalized spacial score (nSPS) is 12.5. The molecule has 5 nitrogen and oxygen atoms in total. The highest BCUT2D eigenvalue weighted by Crippen LogP contribution is 2.32. The molecule has 0 bridgehead atoms. The van der Waals surface area contributed by atoms with Crippen molar-refractivity contribution in [2.24, 2.45) is 0 Å². The predicted octanol–water partition coefficient (Wildman–Crippen LogP) is 1.51. The smallest absolute Gasteiger partial charge is 0.128 e. The Balaban J connectivity index is 2.51. The van der Waals surface area contributed by atoms with Crippen LogP contribution in [0.5, 0.6) is 5.75 Å². The van der Waals surface area contributed by atoms with E-state index in [0.717, 1.165) is 16.7 Å². The Kier molecular flexibility index (Phi) is 3.10. The average molecular weight is 233 g/mol. The Bertz CT molecular complexity index is 509. The molecule has 17 heavy (non-hydrogen) atoms. The molecular weight excluding hydrogens is 218 g/mol. The molecular formula is C12H15N3O2.